The van der Waals surface area contributed by atoms with Gasteiger partial charge in [0.25, 0.3) is 0 Å². The van der Waals surface area contributed by atoms with E-state index in [9.17, 15) is 14.3 Å². The van der Waals surface area contributed by atoms with Gasteiger partial charge in [-0.1, -0.05) is 0 Å². The van der Waals surface area contributed by atoms with Gasteiger partial charge in [-0.15, -0.1) is 0 Å². The van der Waals surface area contributed by atoms with Crippen molar-refractivity contribution >= 4 is 5.97 Å². The van der Waals surface area contributed by atoms with E-state index in [-0.39, 0.29) is 16.9 Å². The van der Waals surface area contributed by atoms with E-state index in [1.54, 1.807) is 0 Å². The Hall–Kier alpha value is -1.62. The van der Waals surface area contributed by atoms with E-state index >= 15 is 0 Å². The molecule has 88 valence electrons. The molecule has 0 heterocycles. The first-order valence-electron chi connectivity index (χ1n) is 4.61. The highest BCUT2D eigenvalue weighted by molar-refractivity contribution is 5.91. The Balaban J connectivity index is 3.46. The summed E-state index contributed by atoms with van der Waals surface area (Å²) >= 11 is 0. The standard InChI is InChI=1S/C11H13FO4/c1-11(2,15)6-4-7(10(13)14)9(16-3)8(12)5-6/h4-5,15H,1-3H3,(H,13,14). The maximum atomic E-state index is 13.5. The molecule has 1 rings (SSSR count). The predicted octanol–water partition coefficient (Wildman–Crippen LogP) is 1.76. The Morgan fingerprint density at radius 2 is 2.00 bits per heavy atom. The number of rotatable bonds is 3. The van der Waals surface area contributed by atoms with Gasteiger partial charge in [-0.05, 0) is 31.5 Å². The molecular formula is C11H13FO4. The fourth-order valence-electron chi connectivity index (χ4n) is 1.31. The van der Waals surface area contributed by atoms with E-state index in [0.717, 1.165) is 6.07 Å². The Bertz CT molecular complexity index is 421. The number of benzene rings is 1. The monoisotopic (exact) mass is 228 g/mol. The first-order chi connectivity index (χ1) is 7.27. The summed E-state index contributed by atoms with van der Waals surface area (Å²) in [6.45, 7) is 2.89. The van der Waals surface area contributed by atoms with Crippen molar-refractivity contribution in [3.63, 3.8) is 0 Å². The van der Waals surface area contributed by atoms with Crippen LogP contribution in [-0.2, 0) is 5.60 Å². The van der Waals surface area contributed by atoms with Crippen LogP contribution in [-0.4, -0.2) is 23.3 Å². The van der Waals surface area contributed by atoms with Crippen molar-refractivity contribution in [1.82, 2.24) is 0 Å². The van der Waals surface area contributed by atoms with Gasteiger partial charge in [0, 0.05) is 0 Å². The van der Waals surface area contributed by atoms with Gasteiger partial charge in [0.15, 0.2) is 11.6 Å². The van der Waals surface area contributed by atoms with Gasteiger partial charge in [0.2, 0.25) is 0 Å². The lowest BCUT2D eigenvalue weighted by Crippen LogP contribution is -2.17. The second kappa shape index (κ2) is 4.09. The van der Waals surface area contributed by atoms with Gasteiger partial charge in [-0.3, -0.25) is 0 Å². The SMILES string of the molecule is COc1c(F)cc(C(C)(C)O)cc1C(=O)O. The number of aromatic carboxylic acids is 1. The molecule has 16 heavy (non-hydrogen) atoms. The normalized spacial score (nSPS) is 11.3. The smallest absolute Gasteiger partial charge is 0.339 e. The maximum absolute atomic E-state index is 13.5. The number of hydrogen-bond donors (Lipinski definition) is 2. The van der Waals surface area contributed by atoms with Crippen molar-refractivity contribution < 1.29 is 24.1 Å². The number of methoxy groups -OCH3 is 1. The highest BCUT2D eigenvalue weighted by atomic mass is 19.1. The minimum absolute atomic E-state index is 0.184. The quantitative estimate of drug-likeness (QED) is 0.827. The zero-order chi connectivity index (χ0) is 12.5. The van der Waals surface area contributed by atoms with Crippen LogP contribution in [0, 0.1) is 5.82 Å². The number of aliphatic hydroxyl groups is 1. The van der Waals surface area contributed by atoms with Crippen LogP contribution in [0.15, 0.2) is 12.1 Å². The number of carbonyl (C=O) groups is 1. The molecule has 0 spiro atoms. The molecule has 0 aliphatic rings. The molecule has 0 atom stereocenters. The highest BCUT2D eigenvalue weighted by Crippen LogP contribution is 2.29. The van der Waals surface area contributed by atoms with Crippen LogP contribution in [0.4, 0.5) is 4.39 Å². The van der Waals surface area contributed by atoms with E-state index in [1.807, 2.05) is 0 Å². The Labute approximate surface area is 92.3 Å². The number of ether oxygens (including phenoxy) is 1. The minimum Gasteiger partial charge on any atom is -0.493 e. The molecule has 5 heteroatoms. The Kier molecular flexibility index (Phi) is 3.19. The zero-order valence-corrected chi connectivity index (χ0v) is 9.24. The third-order valence-electron chi connectivity index (χ3n) is 2.18. The highest BCUT2D eigenvalue weighted by Gasteiger charge is 2.23. The average Bonchev–Trinajstić information content (AvgIpc) is 2.14. The number of carboxylic acids is 1. The topological polar surface area (TPSA) is 66.8 Å². The van der Waals surface area contributed by atoms with Crippen LogP contribution < -0.4 is 4.74 Å². The second-order valence-corrected chi connectivity index (χ2v) is 3.90. The van der Waals surface area contributed by atoms with Gasteiger partial charge < -0.3 is 14.9 Å². The summed E-state index contributed by atoms with van der Waals surface area (Å²) in [4.78, 5) is 10.9. The molecule has 4 nitrogen and oxygen atoms in total. The summed E-state index contributed by atoms with van der Waals surface area (Å²) in [6, 6.07) is 2.26. The molecule has 1 aromatic rings. The summed E-state index contributed by atoms with van der Waals surface area (Å²) < 4.78 is 18.2. The van der Waals surface area contributed by atoms with Crippen molar-refractivity contribution in [3.05, 3.63) is 29.1 Å². The summed E-state index contributed by atoms with van der Waals surface area (Å²) in [5, 5.41) is 18.6. The van der Waals surface area contributed by atoms with Gasteiger partial charge in [-0.2, -0.15) is 0 Å². The molecule has 0 aliphatic heterocycles. The fraction of sp³-hybridized carbons (Fsp3) is 0.364. The van der Waals surface area contributed by atoms with Crippen molar-refractivity contribution in [1.29, 1.82) is 0 Å². The van der Waals surface area contributed by atoms with E-state index in [1.165, 1.54) is 27.0 Å². The molecule has 0 unspecified atom stereocenters. The van der Waals surface area contributed by atoms with Gasteiger partial charge in [-0.25, -0.2) is 9.18 Å². The van der Waals surface area contributed by atoms with Gasteiger partial charge in [0.1, 0.15) is 5.56 Å². The molecule has 0 aromatic heterocycles. The molecule has 0 radical (unpaired) electrons. The molecular weight excluding hydrogens is 215 g/mol. The van der Waals surface area contributed by atoms with Crippen LogP contribution in [0.3, 0.4) is 0 Å². The van der Waals surface area contributed by atoms with Crippen molar-refractivity contribution in [3.8, 4) is 5.75 Å². The van der Waals surface area contributed by atoms with Crippen LogP contribution in [0.5, 0.6) is 5.75 Å². The Morgan fingerprint density at radius 1 is 1.44 bits per heavy atom. The zero-order valence-electron chi connectivity index (χ0n) is 9.24. The largest absolute Gasteiger partial charge is 0.493 e. The Morgan fingerprint density at radius 3 is 2.38 bits per heavy atom. The molecule has 0 saturated carbocycles. The lowest BCUT2D eigenvalue weighted by molar-refractivity contribution is 0.0687. The second-order valence-electron chi connectivity index (χ2n) is 3.90. The number of carboxylic acid groups (broad SMARTS) is 1. The fourth-order valence-corrected chi connectivity index (χ4v) is 1.31. The van der Waals surface area contributed by atoms with E-state index in [2.05, 4.69) is 4.74 Å². The number of hydrogen-bond acceptors (Lipinski definition) is 3. The summed E-state index contributed by atoms with van der Waals surface area (Å²) in [7, 11) is 1.19. The summed E-state index contributed by atoms with van der Waals surface area (Å²) in [5.74, 6) is -2.44. The van der Waals surface area contributed by atoms with Crippen molar-refractivity contribution in [2.45, 2.75) is 19.4 Å². The molecule has 0 amide bonds. The molecule has 0 fully saturated rings. The van der Waals surface area contributed by atoms with E-state index in [0.29, 0.717) is 0 Å². The lowest BCUT2D eigenvalue weighted by atomic mass is 9.96. The van der Waals surface area contributed by atoms with Crippen LogP contribution >= 0.6 is 0 Å². The maximum Gasteiger partial charge on any atom is 0.339 e. The van der Waals surface area contributed by atoms with Gasteiger partial charge >= 0.3 is 5.97 Å². The predicted molar refractivity (Wildman–Crippen MR) is 55.2 cm³/mol. The molecule has 1 aromatic carbocycles. The van der Waals surface area contributed by atoms with Gasteiger partial charge in [0.05, 0.1) is 12.7 Å². The molecule has 0 bridgehead atoms. The van der Waals surface area contributed by atoms with Crippen LogP contribution in [0.2, 0.25) is 0 Å². The van der Waals surface area contributed by atoms with E-state index < -0.39 is 17.4 Å². The van der Waals surface area contributed by atoms with E-state index in [4.69, 9.17) is 5.11 Å². The lowest BCUT2D eigenvalue weighted by Gasteiger charge is -2.19. The number of halogens is 1. The molecule has 2 N–H and O–H groups in total. The first kappa shape index (κ1) is 12.4. The third-order valence-corrected chi connectivity index (χ3v) is 2.18. The van der Waals surface area contributed by atoms with Crippen LogP contribution in [0.1, 0.15) is 29.8 Å². The summed E-state index contributed by atoms with van der Waals surface area (Å²) in [6.07, 6.45) is 0. The molecule has 0 saturated heterocycles. The van der Waals surface area contributed by atoms with Crippen molar-refractivity contribution in [2.24, 2.45) is 0 Å². The minimum atomic E-state index is -1.31. The first-order valence-corrected chi connectivity index (χ1v) is 4.61. The van der Waals surface area contributed by atoms with Crippen LogP contribution in [0.25, 0.3) is 0 Å². The summed E-state index contributed by atoms with van der Waals surface area (Å²) in [5.41, 5.74) is -1.43. The van der Waals surface area contributed by atoms with Crippen molar-refractivity contribution in [2.75, 3.05) is 7.11 Å². The molecule has 0 aliphatic carbocycles. The third kappa shape index (κ3) is 2.30. The average molecular weight is 228 g/mol.